The zero-order chi connectivity index (χ0) is 9.03. The summed E-state index contributed by atoms with van der Waals surface area (Å²) in [4.78, 5) is 0.130. The molecule has 0 aliphatic heterocycles. The van der Waals surface area contributed by atoms with Crippen LogP contribution in [-0.2, 0) is 14.3 Å². The van der Waals surface area contributed by atoms with Crippen molar-refractivity contribution in [2.24, 2.45) is 0 Å². The molecule has 1 rings (SSSR count). The van der Waals surface area contributed by atoms with Crippen molar-refractivity contribution < 1.29 is 53.9 Å². The van der Waals surface area contributed by atoms with E-state index in [1.165, 1.54) is 12.1 Å². The van der Waals surface area contributed by atoms with E-state index in [2.05, 4.69) is 10.8 Å². The molecule has 13 heavy (non-hydrogen) atoms. The minimum atomic E-state index is -3.63. The molecule has 0 bridgehead atoms. The molecule has 1 aromatic rings. The molecule has 0 aliphatic carbocycles. The molecule has 1 radical (unpaired) electrons. The van der Waals surface area contributed by atoms with Gasteiger partial charge in [-0.15, -0.1) is 0 Å². The second-order valence-electron chi connectivity index (χ2n) is 2.03. The van der Waals surface area contributed by atoms with E-state index in [9.17, 15) is 8.42 Å². The van der Waals surface area contributed by atoms with Crippen molar-refractivity contribution in [2.45, 2.75) is 4.90 Å². The smallest absolute Gasteiger partial charge is 0.338 e. The first-order valence-corrected chi connectivity index (χ1v) is 4.67. The summed E-state index contributed by atoms with van der Waals surface area (Å²) in [6, 6.07) is 7.89. The van der Waals surface area contributed by atoms with Gasteiger partial charge < -0.3 is 4.18 Å². The van der Waals surface area contributed by atoms with Crippen molar-refractivity contribution in [1.82, 2.24) is 0 Å². The van der Waals surface area contributed by atoms with Crippen LogP contribution in [0.2, 0.25) is 0 Å². The second-order valence-corrected chi connectivity index (χ2v) is 3.60. The van der Waals surface area contributed by atoms with Gasteiger partial charge in [-0.3, -0.25) is 0 Å². The predicted octanol–water partition coefficient (Wildman–Crippen LogP) is 1.54. The van der Waals surface area contributed by atoms with Crippen LogP contribution >= 0.6 is 0 Å². The van der Waals surface area contributed by atoms with Gasteiger partial charge in [-0.05, 0) is 12.1 Å². The summed E-state index contributed by atoms with van der Waals surface area (Å²) in [6.45, 7) is 3.17. The second kappa shape index (κ2) is 5.73. The summed E-state index contributed by atoms with van der Waals surface area (Å²) in [7, 11) is -3.63. The third kappa shape index (κ3) is 3.75. The molecule has 0 N–H and O–H groups in total. The molecule has 0 atom stereocenters. The molecular weight excluding hydrogens is 317 g/mol. The zero-order valence-electron chi connectivity index (χ0n) is 6.88. The van der Waals surface area contributed by atoms with Crippen LogP contribution in [0.4, 0.5) is 0 Å². The zero-order valence-corrected chi connectivity index (χ0v) is 11.4. The van der Waals surface area contributed by atoms with Crippen LogP contribution in [0.25, 0.3) is 0 Å². The molecule has 0 aromatic heterocycles. The normalized spacial score (nSPS) is 9.85. The van der Waals surface area contributed by atoms with E-state index in [1.54, 1.807) is 18.2 Å². The Morgan fingerprint density at radius 2 is 1.77 bits per heavy atom. The van der Waals surface area contributed by atoms with Crippen molar-refractivity contribution >= 4 is 10.1 Å². The first-order chi connectivity index (χ1) is 5.67. The van der Waals surface area contributed by atoms with Crippen LogP contribution < -0.4 is 0 Å². The van der Waals surface area contributed by atoms with Crippen molar-refractivity contribution in [1.29, 1.82) is 0 Å². The average Bonchev–Trinajstić information content (AvgIpc) is 2.06. The minimum absolute atomic E-state index is 0. The summed E-state index contributed by atoms with van der Waals surface area (Å²) in [5, 5.41) is 0. The van der Waals surface area contributed by atoms with E-state index >= 15 is 0 Å². The Morgan fingerprint density at radius 3 is 2.23 bits per heavy atom. The Hall–Kier alpha value is 0.0736. The SMILES string of the molecule is C=COS(=O)(=O)c1ccccc1.[Pr]. The fraction of sp³-hybridized carbons (Fsp3) is 0. The Bertz CT molecular complexity index is 358. The van der Waals surface area contributed by atoms with Crippen LogP contribution in [0.15, 0.2) is 48.1 Å². The van der Waals surface area contributed by atoms with E-state index in [4.69, 9.17) is 0 Å². The molecular formula is C8H8O3PrS. The van der Waals surface area contributed by atoms with E-state index in [0.717, 1.165) is 6.26 Å². The molecule has 5 heteroatoms. The molecule has 3 nitrogen and oxygen atoms in total. The van der Waals surface area contributed by atoms with Crippen molar-refractivity contribution in [2.75, 3.05) is 0 Å². The topological polar surface area (TPSA) is 43.4 Å². The molecule has 0 spiro atoms. The average molecular weight is 325 g/mol. The van der Waals surface area contributed by atoms with Gasteiger partial charge in [-0.2, -0.15) is 8.42 Å². The molecule has 0 heterocycles. The Kier molecular flexibility index (Phi) is 5.76. The van der Waals surface area contributed by atoms with Gasteiger partial charge in [0.2, 0.25) is 0 Å². The van der Waals surface area contributed by atoms with Crippen molar-refractivity contribution in [3.05, 3.63) is 43.2 Å². The summed E-state index contributed by atoms with van der Waals surface area (Å²) in [5.41, 5.74) is 0. The minimum Gasteiger partial charge on any atom is -0.388 e. The molecule has 0 aliphatic rings. The van der Waals surface area contributed by atoms with Crippen LogP contribution in [-0.4, -0.2) is 8.42 Å². The van der Waals surface area contributed by atoms with Crippen LogP contribution in [0, 0.1) is 41.3 Å². The third-order valence-corrected chi connectivity index (χ3v) is 2.47. The van der Waals surface area contributed by atoms with Crippen molar-refractivity contribution in [3.63, 3.8) is 0 Å². The van der Waals surface area contributed by atoms with Gasteiger partial charge >= 0.3 is 10.1 Å². The third-order valence-electron chi connectivity index (χ3n) is 1.23. The van der Waals surface area contributed by atoms with Gasteiger partial charge in [0.1, 0.15) is 4.90 Å². The molecule has 67 valence electrons. The van der Waals surface area contributed by atoms with Gasteiger partial charge in [0, 0.05) is 41.3 Å². The molecule has 0 fully saturated rings. The quantitative estimate of drug-likeness (QED) is 0.625. The number of benzene rings is 1. The Labute approximate surface area is 111 Å². The van der Waals surface area contributed by atoms with Gasteiger partial charge in [0.25, 0.3) is 0 Å². The Balaban J connectivity index is 0.00000144. The van der Waals surface area contributed by atoms with Gasteiger partial charge in [0.15, 0.2) is 0 Å². The largest absolute Gasteiger partial charge is 0.388 e. The number of hydrogen-bond acceptors (Lipinski definition) is 3. The van der Waals surface area contributed by atoms with Crippen LogP contribution in [0.1, 0.15) is 0 Å². The molecule has 1 aromatic carbocycles. The van der Waals surface area contributed by atoms with E-state index in [0.29, 0.717) is 0 Å². The molecule has 0 saturated heterocycles. The van der Waals surface area contributed by atoms with Gasteiger partial charge in [-0.1, -0.05) is 24.8 Å². The van der Waals surface area contributed by atoms with E-state index in [-0.39, 0.29) is 46.2 Å². The maximum absolute atomic E-state index is 11.1. The Morgan fingerprint density at radius 1 is 1.23 bits per heavy atom. The predicted molar refractivity (Wildman–Crippen MR) is 44.9 cm³/mol. The summed E-state index contributed by atoms with van der Waals surface area (Å²) >= 11 is 0. The first-order valence-electron chi connectivity index (χ1n) is 3.26. The van der Waals surface area contributed by atoms with Gasteiger partial charge in [-0.25, -0.2) is 0 Å². The summed E-state index contributed by atoms with van der Waals surface area (Å²) in [6.07, 6.45) is 0.891. The van der Waals surface area contributed by atoms with E-state index in [1.807, 2.05) is 0 Å². The van der Waals surface area contributed by atoms with Crippen LogP contribution in [0.5, 0.6) is 0 Å². The standard InChI is InChI=1S/C8H8O3S.Pr/c1-2-11-12(9,10)8-6-4-3-5-7-8;/h2-7H,1H2;. The first kappa shape index (κ1) is 13.1. The maximum atomic E-state index is 11.1. The molecule has 0 unspecified atom stereocenters. The van der Waals surface area contributed by atoms with Gasteiger partial charge in [0.05, 0.1) is 6.26 Å². The van der Waals surface area contributed by atoms with E-state index < -0.39 is 10.1 Å². The van der Waals surface area contributed by atoms with Crippen LogP contribution in [0.3, 0.4) is 0 Å². The molecule has 0 amide bonds. The summed E-state index contributed by atoms with van der Waals surface area (Å²) in [5.74, 6) is 0. The maximum Gasteiger partial charge on any atom is 0.338 e. The summed E-state index contributed by atoms with van der Waals surface area (Å²) < 4.78 is 26.6. The monoisotopic (exact) mass is 325 g/mol. The van der Waals surface area contributed by atoms with Crippen molar-refractivity contribution in [3.8, 4) is 0 Å². The number of hydrogen-bond donors (Lipinski definition) is 0. The fourth-order valence-electron chi connectivity index (χ4n) is 0.732. The number of rotatable bonds is 3. The molecule has 0 saturated carbocycles. The fourth-order valence-corrected chi connectivity index (χ4v) is 1.51.